The quantitative estimate of drug-likeness (QED) is 0.190. The molecule has 0 atom stereocenters. The number of unbranched alkanes of at least 4 members (excludes halogenated alkanes) is 12. The van der Waals surface area contributed by atoms with Gasteiger partial charge in [-0.15, -0.1) is 0 Å². The van der Waals surface area contributed by atoms with Crippen LogP contribution in [0.25, 0.3) is 0 Å². The molecule has 0 saturated carbocycles. The van der Waals surface area contributed by atoms with Crippen molar-refractivity contribution in [2.24, 2.45) is 0 Å². The molecular formula is C22H45N2NaO4. The fraction of sp³-hybridized carbons (Fsp3) is 0.909. The Morgan fingerprint density at radius 2 is 1.31 bits per heavy atom. The maximum absolute atomic E-state index is 11.8. The molecule has 0 aromatic heterocycles. The summed E-state index contributed by atoms with van der Waals surface area (Å²) in [7, 11) is 0. The fourth-order valence-corrected chi connectivity index (χ4v) is 3.35. The van der Waals surface area contributed by atoms with Crippen LogP contribution in [0.4, 0.5) is 0 Å². The Balaban J connectivity index is -0.00000364. The summed E-state index contributed by atoms with van der Waals surface area (Å²) in [6, 6.07) is 0. The summed E-state index contributed by atoms with van der Waals surface area (Å²) in [6.45, 7) is 3.23. The van der Waals surface area contributed by atoms with Crippen molar-refractivity contribution in [1.82, 2.24) is 10.2 Å². The topological polar surface area (TPSA) is 89.9 Å². The molecule has 6 nitrogen and oxygen atoms in total. The van der Waals surface area contributed by atoms with Crippen LogP contribution in [0.5, 0.6) is 0 Å². The van der Waals surface area contributed by atoms with E-state index in [2.05, 4.69) is 12.2 Å². The Morgan fingerprint density at radius 1 is 0.828 bits per heavy atom. The zero-order valence-electron chi connectivity index (χ0n) is 20.1. The first-order valence-electron chi connectivity index (χ1n) is 11.4. The molecule has 0 aliphatic heterocycles. The molecule has 29 heavy (non-hydrogen) atoms. The van der Waals surface area contributed by atoms with Gasteiger partial charge in [-0.25, -0.2) is 0 Å². The number of carbonyl (C=O) groups is 2. The van der Waals surface area contributed by atoms with Crippen LogP contribution in [0.3, 0.4) is 0 Å². The van der Waals surface area contributed by atoms with E-state index in [1.807, 2.05) is 0 Å². The van der Waals surface area contributed by atoms with Crippen LogP contribution in [-0.2, 0) is 9.59 Å². The Morgan fingerprint density at radius 3 is 1.76 bits per heavy atom. The summed E-state index contributed by atoms with van der Waals surface area (Å²) in [6.07, 6.45) is 17.3. The maximum Gasteiger partial charge on any atom is 1.00 e. The molecule has 0 bridgehead atoms. The zero-order chi connectivity index (χ0) is 20.9. The van der Waals surface area contributed by atoms with Crippen LogP contribution >= 0.6 is 0 Å². The van der Waals surface area contributed by atoms with E-state index in [0.29, 0.717) is 26.1 Å². The van der Waals surface area contributed by atoms with E-state index >= 15 is 0 Å². The smallest absolute Gasteiger partial charge is 1.00 e. The van der Waals surface area contributed by atoms with Crippen LogP contribution in [0.2, 0.25) is 0 Å². The van der Waals surface area contributed by atoms with Crippen LogP contribution in [-0.4, -0.2) is 59.8 Å². The first kappa shape index (κ1) is 31.0. The molecule has 0 fully saturated rings. The Hall–Kier alpha value is -0.140. The predicted octanol–water partition coefficient (Wildman–Crippen LogP) is 1.08. The van der Waals surface area contributed by atoms with Gasteiger partial charge in [0.25, 0.3) is 0 Å². The summed E-state index contributed by atoms with van der Waals surface area (Å²) < 4.78 is 0. The molecular weight excluding hydrogens is 379 g/mol. The minimum Gasteiger partial charge on any atom is -1.00 e. The summed E-state index contributed by atoms with van der Waals surface area (Å²) in [5, 5.41) is 20.6. The second-order valence-electron chi connectivity index (χ2n) is 7.74. The molecule has 0 spiro atoms. The fourth-order valence-electron chi connectivity index (χ4n) is 3.35. The second kappa shape index (κ2) is 24.1. The molecule has 7 heteroatoms. The van der Waals surface area contributed by atoms with E-state index in [1.54, 1.807) is 4.90 Å². The van der Waals surface area contributed by atoms with E-state index < -0.39 is 5.97 Å². The van der Waals surface area contributed by atoms with Crippen LogP contribution < -0.4 is 34.9 Å². The van der Waals surface area contributed by atoms with Crippen molar-refractivity contribution < 1.29 is 50.8 Å². The van der Waals surface area contributed by atoms with E-state index in [9.17, 15) is 9.59 Å². The van der Waals surface area contributed by atoms with Gasteiger partial charge in [0.2, 0.25) is 5.91 Å². The Kier molecular flexibility index (Phi) is 25.8. The average molecular weight is 425 g/mol. The molecule has 0 aromatic rings. The minimum atomic E-state index is -0.924. The number of hydrogen-bond donors (Lipinski definition) is 3. The molecule has 3 N–H and O–H groups in total. The number of aliphatic carboxylic acids is 1. The molecule has 0 saturated heterocycles. The monoisotopic (exact) mass is 424 g/mol. The third kappa shape index (κ3) is 24.0. The third-order valence-electron chi connectivity index (χ3n) is 5.03. The standard InChI is InChI=1S/C22H44N2O4.Na.H/c1-2-3-4-5-6-7-8-9-10-11-12-13-14-15-21(26)23-16-17-24(18-19-25)20-22(27)28;;/h25H,2-20H2,1H3,(H,23,26)(H,27,28);;/q;+1;-1. The Labute approximate surface area is 202 Å². The SMILES string of the molecule is CCCCCCCCCCCCCCCC(=O)NCCN(CCO)CC(=O)O.[H-].[Na+]. The van der Waals surface area contributed by atoms with Gasteiger partial charge in [-0.3, -0.25) is 14.5 Å². The molecule has 0 unspecified atom stereocenters. The van der Waals surface area contributed by atoms with Gasteiger partial charge >= 0.3 is 35.5 Å². The molecule has 0 heterocycles. The molecule has 0 radical (unpaired) electrons. The van der Waals surface area contributed by atoms with Crippen molar-refractivity contribution in [2.45, 2.75) is 96.8 Å². The number of amides is 1. The van der Waals surface area contributed by atoms with Gasteiger partial charge < -0.3 is 17.0 Å². The summed E-state index contributed by atoms with van der Waals surface area (Å²) in [5.41, 5.74) is 0. The van der Waals surface area contributed by atoms with Gasteiger partial charge in [-0.1, -0.05) is 84.0 Å². The van der Waals surface area contributed by atoms with Crippen LogP contribution in [0.15, 0.2) is 0 Å². The summed E-state index contributed by atoms with van der Waals surface area (Å²) >= 11 is 0. The number of nitrogens with zero attached hydrogens (tertiary/aromatic N) is 1. The number of aliphatic hydroxyl groups excluding tert-OH is 1. The average Bonchev–Trinajstić information content (AvgIpc) is 2.65. The number of hydrogen-bond acceptors (Lipinski definition) is 4. The van der Waals surface area contributed by atoms with Crippen molar-refractivity contribution in [1.29, 1.82) is 0 Å². The molecule has 0 aromatic carbocycles. The molecule has 0 aliphatic carbocycles. The van der Waals surface area contributed by atoms with E-state index in [0.717, 1.165) is 12.8 Å². The normalized spacial score (nSPS) is 10.7. The number of rotatable bonds is 21. The zero-order valence-corrected chi connectivity index (χ0v) is 21.1. The van der Waals surface area contributed by atoms with Crippen molar-refractivity contribution >= 4 is 11.9 Å². The predicted molar refractivity (Wildman–Crippen MR) is 116 cm³/mol. The largest absolute Gasteiger partial charge is 1.00 e. The second-order valence-corrected chi connectivity index (χ2v) is 7.74. The Bertz CT molecular complexity index is 390. The van der Waals surface area contributed by atoms with Crippen molar-refractivity contribution in [3.63, 3.8) is 0 Å². The van der Waals surface area contributed by atoms with Crippen LogP contribution in [0, 0.1) is 0 Å². The number of carboxylic acid groups (broad SMARTS) is 1. The van der Waals surface area contributed by atoms with E-state index in [4.69, 9.17) is 10.2 Å². The maximum atomic E-state index is 11.8. The van der Waals surface area contributed by atoms with Gasteiger partial charge in [0.05, 0.1) is 13.2 Å². The number of carboxylic acids is 1. The third-order valence-corrected chi connectivity index (χ3v) is 5.03. The van der Waals surface area contributed by atoms with Gasteiger partial charge in [-0.2, -0.15) is 0 Å². The van der Waals surface area contributed by atoms with Crippen molar-refractivity contribution in [3.05, 3.63) is 0 Å². The van der Waals surface area contributed by atoms with Gasteiger partial charge in [0.15, 0.2) is 0 Å². The van der Waals surface area contributed by atoms with Gasteiger partial charge in [-0.05, 0) is 6.42 Å². The summed E-state index contributed by atoms with van der Waals surface area (Å²) in [4.78, 5) is 24.2. The summed E-state index contributed by atoms with van der Waals surface area (Å²) in [5.74, 6) is -0.894. The van der Waals surface area contributed by atoms with Crippen molar-refractivity contribution in [2.75, 3.05) is 32.8 Å². The number of carbonyl (C=O) groups excluding carboxylic acids is 1. The van der Waals surface area contributed by atoms with E-state index in [-0.39, 0.29) is 50.0 Å². The van der Waals surface area contributed by atoms with E-state index in [1.165, 1.54) is 70.6 Å². The minimum absolute atomic E-state index is 0. The number of nitrogens with one attached hydrogen (secondary N) is 1. The molecule has 0 rings (SSSR count). The van der Waals surface area contributed by atoms with Gasteiger partial charge in [0, 0.05) is 26.1 Å². The number of aliphatic hydroxyl groups is 1. The molecule has 0 aliphatic rings. The first-order valence-corrected chi connectivity index (χ1v) is 11.4. The van der Waals surface area contributed by atoms with Crippen LogP contribution in [0.1, 0.15) is 98.2 Å². The van der Waals surface area contributed by atoms with Gasteiger partial charge in [0.1, 0.15) is 0 Å². The first-order chi connectivity index (χ1) is 13.6. The molecule has 1 amide bonds. The van der Waals surface area contributed by atoms with Crippen molar-refractivity contribution in [3.8, 4) is 0 Å². The molecule has 168 valence electrons.